The standard InChI is InChI=1S/C48H92O6/c1-4-7-10-13-16-19-22-24-25-27-29-32-35-38-41-47(50)53-44-45(43-52-46(49)40-37-34-31-28-21-18-15-12-9-6-3)54-48(51)42-39-36-33-30-26-23-20-17-14-11-8-5-2/h45H,4-44H2,1-3H3/t45-/m0/s1. The van der Waals surface area contributed by atoms with Gasteiger partial charge in [0.2, 0.25) is 0 Å². The number of rotatable bonds is 44. The molecular formula is C48H92O6. The number of esters is 3. The highest BCUT2D eigenvalue weighted by molar-refractivity contribution is 5.71. The molecule has 0 bridgehead atoms. The van der Waals surface area contributed by atoms with Crippen molar-refractivity contribution in [3.05, 3.63) is 0 Å². The third-order valence-corrected chi connectivity index (χ3v) is 10.9. The number of hydrogen-bond acceptors (Lipinski definition) is 6. The first kappa shape index (κ1) is 52.4. The van der Waals surface area contributed by atoms with Crippen molar-refractivity contribution in [1.29, 1.82) is 0 Å². The van der Waals surface area contributed by atoms with Crippen LogP contribution in [0.3, 0.4) is 0 Å². The van der Waals surface area contributed by atoms with Crippen LogP contribution in [0.1, 0.15) is 271 Å². The van der Waals surface area contributed by atoms with Crippen LogP contribution in [0.5, 0.6) is 0 Å². The van der Waals surface area contributed by atoms with E-state index in [1.165, 1.54) is 173 Å². The summed E-state index contributed by atoms with van der Waals surface area (Å²) in [7, 11) is 0. The fourth-order valence-corrected chi connectivity index (χ4v) is 7.21. The lowest BCUT2D eigenvalue weighted by Crippen LogP contribution is -2.30. The Labute approximate surface area is 336 Å². The maximum atomic E-state index is 12.7. The number of carbonyl (C=O) groups is 3. The Morgan fingerprint density at radius 1 is 0.296 bits per heavy atom. The van der Waals surface area contributed by atoms with Gasteiger partial charge in [0.15, 0.2) is 6.10 Å². The minimum Gasteiger partial charge on any atom is -0.462 e. The summed E-state index contributed by atoms with van der Waals surface area (Å²) < 4.78 is 16.7. The van der Waals surface area contributed by atoms with Gasteiger partial charge in [-0.3, -0.25) is 14.4 Å². The predicted molar refractivity (Wildman–Crippen MR) is 229 cm³/mol. The van der Waals surface area contributed by atoms with Crippen LogP contribution in [0.4, 0.5) is 0 Å². The minimum atomic E-state index is -0.758. The topological polar surface area (TPSA) is 78.9 Å². The highest BCUT2D eigenvalue weighted by Crippen LogP contribution is 2.16. The lowest BCUT2D eigenvalue weighted by Gasteiger charge is -2.18. The number of hydrogen-bond donors (Lipinski definition) is 0. The number of unbranched alkanes of at least 4 members (excludes halogenated alkanes) is 33. The maximum absolute atomic E-state index is 12.7. The molecule has 54 heavy (non-hydrogen) atoms. The summed E-state index contributed by atoms with van der Waals surface area (Å²) in [5.74, 6) is -0.848. The number of ether oxygens (including phenoxy) is 3. The van der Waals surface area contributed by atoms with Gasteiger partial charge < -0.3 is 14.2 Å². The van der Waals surface area contributed by atoms with Crippen LogP contribution >= 0.6 is 0 Å². The van der Waals surface area contributed by atoms with Crippen LogP contribution in [0, 0.1) is 0 Å². The zero-order valence-corrected chi connectivity index (χ0v) is 36.5. The van der Waals surface area contributed by atoms with Gasteiger partial charge in [0.1, 0.15) is 13.2 Å². The van der Waals surface area contributed by atoms with E-state index >= 15 is 0 Å². The summed E-state index contributed by atoms with van der Waals surface area (Å²) >= 11 is 0. The molecule has 0 spiro atoms. The van der Waals surface area contributed by atoms with Crippen molar-refractivity contribution >= 4 is 17.9 Å². The molecule has 0 aliphatic carbocycles. The monoisotopic (exact) mass is 765 g/mol. The molecule has 0 aromatic carbocycles. The van der Waals surface area contributed by atoms with Gasteiger partial charge in [-0.05, 0) is 19.3 Å². The van der Waals surface area contributed by atoms with Crippen LogP contribution in [0.15, 0.2) is 0 Å². The van der Waals surface area contributed by atoms with E-state index in [0.717, 1.165) is 57.8 Å². The van der Waals surface area contributed by atoms with E-state index in [4.69, 9.17) is 14.2 Å². The van der Waals surface area contributed by atoms with Crippen LogP contribution in [0.2, 0.25) is 0 Å². The van der Waals surface area contributed by atoms with Gasteiger partial charge in [0.05, 0.1) is 0 Å². The zero-order chi connectivity index (χ0) is 39.4. The molecule has 0 rings (SSSR count). The summed E-state index contributed by atoms with van der Waals surface area (Å²) in [5.41, 5.74) is 0. The van der Waals surface area contributed by atoms with Crippen molar-refractivity contribution in [2.24, 2.45) is 0 Å². The predicted octanol–water partition coefficient (Wildman–Crippen LogP) is 15.3. The SMILES string of the molecule is CCCCCCCCCCCCCCCCC(=O)OC[C@H](COC(=O)CCCCCCCCCCCC)OC(=O)CCCCCCCCCCCCCC. The van der Waals surface area contributed by atoms with Crippen LogP contribution < -0.4 is 0 Å². The highest BCUT2D eigenvalue weighted by Gasteiger charge is 2.19. The fourth-order valence-electron chi connectivity index (χ4n) is 7.21. The minimum absolute atomic E-state index is 0.0623. The molecule has 320 valence electrons. The molecule has 0 aliphatic rings. The second-order valence-electron chi connectivity index (χ2n) is 16.4. The molecule has 0 radical (unpaired) electrons. The first-order chi connectivity index (χ1) is 26.5. The molecule has 0 saturated heterocycles. The molecule has 1 atom stereocenters. The van der Waals surface area contributed by atoms with Gasteiger partial charge in [-0.1, -0.05) is 233 Å². The maximum Gasteiger partial charge on any atom is 0.306 e. The average molecular weight is 765 g/mol. The second kappa shape index (κ2) is 44.1. The Morgan fingerprint density at radius 2 is 0.500 bits per heavy atom. The molecule has 0 unspecified atom stereocenters. The molecular weight excluding hydrogens is 673 g/mol. The second-order valence-corrected chi connectivity index (χ2v) is 16.4. The lowest BCUT2D eigenvalue weighted by atomic mass is 10.0. The molecule has 0 heterocycles. The van der Waals surface area contributed by atoms with Crippen molar-refractivity contribution < 1.29 is 28.6 Å². The van der Waals surface area contributed by atoms with Crippen LogP contribution in [-0.4, -0.2) is 37.2 Å². The average Bonchev–Trinajstić information content (AvgIpc) is 3.17. The van der Waals surface area contributed by atoms with E-state index in [1.54, 1.807) is 0 Å². The summed E-state index contributed by atoms with van der Waals surface area (Å²) in [6, 6.07) is 0. The Morgan fingerprint density at radius 3 is 0.741 bits per heavy atom. The molecule has 6 heteroatoms. The Hall–Kier alpha value is -1.59. The van der Waals surface area contributed by atoms with Gasteiger partial charge >= 0.3 is 17.9 Å². The molecule has 0 fully saturated rings. The van der Waals surface area contributed by atoms with Gasteiger partial charge in [-0.2, -0.15) is 0 Å². The van der Waals surface area contributed by atoms with Crippen LogP contribution in [-0.2, 0) is 28.6 Å². The van der Waals surface area contributed by atoms with E-state index in [-0.39, 0.29) is 31.1 Å². The summed E-state index contributed by atoms with van der Waals surface area (Å²) in [4.78, 5) is 37.7. The quantitative estimate of drug-likeness (QED) is 0.0349. The summed E-state index contributed by atoms with van der Waals surface area (Å²) in [5, 5.41) is 0. The Balaban J connectivity index is 4.30. The molecule has 0 aromatic heterocycles. The largest absolute Gasteiger partial charge is 0.462 e. The fraction of sp³-hybridized carbons (Fsp3) is 0.938. The van der Waals surface area contributed by atoms with Gasteiger partial charge in [-0.15, -0.1) is 0 Å². The summed E-state index contributed by atoms with van der Waals surface area (Å²) in [6.07, 6.45) is 45.1. The van der Waals surface area contributed by atoms with E-state index < -0.39 is 6.10 Å². The van der Waals surface area contributed by atoms with Gasteiger partial charge in [-0.25, -0.2) is 0 Å². The Bertz CT molecular complexity index is 798. The van der Waals surface area contributed by atoms with Gasteiger partial charge in [0, 0.05) is 19.3 Å². The van der Waals surface area contributed by atoms with Crippen molar-refractivity contribution in [3.8, 4) is 0 Å². The third-order valence-electron chi connectivity index (χ3n) is 10.9. The van der Waals surface area contributed by atoms with Crippen molar-refractivity contribution in [3.63, 3.8) is 0 Å². The van der Waals surface area contributed by atoms with Crippen molar-refractivity contribution in [1.82, 2.24) is 0 Å². The highest BCUT2D eigenvalue weighted by atomic mass is 16.6. The normalized spacial score (nSPS) is 11.8. The summed E-state index contributed by atoms with van der Waals surface area (Å²) in [6.45, 7) is 6.65. The lowest BCUT2D eigenvalue weighted by molar-refractivity contribution is -0.167. The van der Waals surface area contributed by atoms with E-state index in [2.05, 4.69) is 20.8 Å². The van der Waals surface area contributed by atoms with E-state index in [9.17, 15) is 14.4 Å². The first-order valence-corrected chi connectivity index (χ1v) is 24.0. The number of carbonyl (C=O) groups excluding carboxylic acids is 3. The molecule has 6 nitrogen and oxygen atoms in total. The van der Waals surface area contributed by atoms with E-state index in [0.29, 0.717) is 19.3 Å². The smallest absolute Gasteiger partial charge is 0.306 e. The zero-order valence-electron chi connectivity index (χ0n) is 36.5. The van der Waals surface area contributed by atoms with Crippen molar-refractivity contribution in [2.45, 2.75) is 277 Å². The molecule has 0 aromatic rings. The Kier molecular flexibility index (Phi) is 42.8. The third kappa shape index (κ3) is 41.6. The molecule has 0 saturated carbocycles. The van der Waals surface area contributed by atoms with Crippen LogP contribution in [0.25, 0.3) is 0 Å². The molecule has 0 aliphatic heterocycles. The van der Waals surface area contributed by atoms with Crippen molar-refractivity contribution in [2.75, 3.05) is 13.2 Å². The van der Waals surface area contributed by atoms with Gasteiger partial charge in [0.25, 0.3) is 0 Å². The van der Waals surface area contributed by atoms with E-state index in [1.807, 2.05) is 0 Å². The molecule has 0 amide bonds. The first-order valence-electron chi connectivity index (χ1n) is 24.0. The molecule has 0 N–H and O–H groups in total.